The Kier molecular flexibility index (Phi) is 5.18. The summed E-state index contributed by atoms with van der Waals surface area (Å²) < 4.78 is 11.3. The molecule has 0 saturated carbocycles. The zero-order chi connectivity index (χ0) is 18.0. The van der Waals surface area contributed by atoms with E-state index in [0.29, 0.717) is 19.7 Å². The zero-order valence-electron chi connectivity index (χ0n) is 15.3. The van der Waals surface area contributed by atoms with E-state index in [-0.39, 0.29) is 17.9 Å². The van der Waals surface area contributed by atoms with Crippen LogP contribution in [0.1, 0.15) is 44.0 Å². The highest BCUT2D eigenvalue weighted by Gasteiger charge is 2.28. The molecule has 25 heavy (non-hydrogen) atoms. The molecule has 0 aliphatic carbocycles. The average molecular weight is 343 g/mol. The van der Waals surface area contributed by atoms with Crippen molar-refractivity contribution in [2.75, 3.05) is 19.7 Å². The molecule has 1 aliphatic rings. The molecule has 6 nitrogen and oxygen atoms in total. The Morgan fingerprint density at radius 2 is 2.20 bits per heavy atom. The van der Waals surface area contributed by atoms with Gasteiger partial charge in [0, 0.05) is 18.9 Å². The number of hydrogen-bond donors (Lipinski definition) is 0. The normalized spacial score (nSPS) is 18.0. The monoisotopic (exact) mass is 343 g/mol. The molecule has 1 aliphatic heterocycles. The Hall–Kier alpha value is -2.21. The van der Waals surface area contributed by atoms with Crippen molar-refractivity contribution in [3.8, 4) is 11.3 Å². The summed E-state index contributed by atoms with van der Waals surface area (Å²) in [7, 11) is 0. The lowest BCUT2D eigenvalue weighted by Gasteiger charge is -2.33. The van der Waals surface area contributed by atoms with E-state index in [1.165, 1.54) is 0 Å². The third kappa shape index (κ3) is 3.58. The van der Waals surface area contributed by atoms with Gasteiger partial charge in [0.05, 0.1) is 35.8 Å². The van der Waals surface area contributed by atoms with Gasteiger partial charge < -0.3 is 14.2 Å². The maximum Gasteiger partial charge on any atom is 0.225 e. The first kappa shape index (κ1) is 17.6. The summed E-state index contributed by atoms with van der Waals surface area (Å²) in [6, 6.07) is 5.88. The van der Waals surface area contributed by atoms with E-state index < -0.39 is 0 Å². The van der Waals surface area contributed by atoms with Crippen molar-refractivity contribution in [3.63, 3.8) is 0 Å². The second-order valence-corrected chi connectivity index (χ2v) is 6.67. The number of hydrogen-bond acceptors (Lipinski definition) is 5. The Morgan fingerprint density at radius 3 is 2.92 bits per heavy atom. The summed E-state index contributed by atoms with van der Waals surface area (Å²) in [6.45, 7) is 9.51. The molecular formula is C19H25N3O3. The maximum atomic E-state index is 12.3. The predicted octanol–water partition coefficient (Wildman–Crippen LogP) is 3.16. The number of ether oxygens (including phenoxy) is 1. The van der Waals surface area contributed by atoms with Crippen LogP contribution in [0.3, 0.4) is 0 Å². The molecule has 0 aromatic carbocycles. The van der Waals surface area contributed by atoms with Crippen LogP contribution in [0.5, 0.6) is 0 Å². The Labute approximate surface area is 148 Å². The number of nitrogens with zero attached hydrogens (tertiary/aromatic N) is 3. The minimum absolute atomic E-state index is 0.00943. The molecule has 6 heteroatoms. The van der Waals surface area contributed by atoms with E-state index in [1.807, 2.05) is 50.8 Å². The van der Waals surface area contributed by atoms with Crippen molar-refractivity contribution < 1.29 is 14.1 Å². The zero-order valence-corrected chi connectivity index (χ0v) is 15.3. The minimum atomic E-state index is -0.207. The van der Waals surface area contributed by atoms with Crippen molar-refractivity contribution in [2.45, 2.75) is 40.2 Å². The fourth-order valence-electron chi connectivity index (χ4n) is 3.15. The van der Waals surface area contributed by atoms with Crippen molar-refractivity contribution >= 4 is 5.91 Å². The lowest BCUT2D eigenvalue weighted by Crippen LogP contribution is -2.44. The molecule has 134 valence electrons. The number of rotatable bonds is 4. The molecule has 0 N–H and O–H groups in total. The summed E-state index contributed by atoms with van der Waals surface area (Å²) in [5.41, 5.74) is 3.46. The topological polar surface area (TPSA) is 68.5 Å². The molecule has 1 fully saturated rings. The Morgan fingerprint density at radius 1 is 1.40 bits per heavy atom. The standard InChI is InChI=1S/C19H25N3O3/c1-5-16-18(13(4)21-25-16)15-8-6-7-14(20-15)17-11-22(9-10-24-17)19(23)12(2)3/h6-8,12,17H,5,9-11H2,1-4H3/t17-/m0/s1. The van der Waals surface area contributed by atoms with Gasteiger partial charge in [0.15, 0.2) is 0 Å². The van der Waals surface area contributed by atoms with E-state index in [9.17, 15) is 4.79 Å². The number of amides is 1. The summed E-state index contributed by atoms with van der Waals surface area (Å²) in [5, 5.41) is 4.06. The molecule has 3 rings (SSSR count). The van der Waals surface area contributed by atoms with Crippen LogP contribution in [0.4, 0.5) is 0 Å². The van der Waals surface area contributed by atoms with Crippen LogP contribution in [-0.2, 0) is 16.0 Å². The van der Waals surface area contributed by atoms with Crippen LogP contribution in [-0.4, -0.2) is 40.6 Å². The van der Waals surface area contributed by atoms with Crippen LogP contribution in [0.15, 0.2) is 22.7 Å². The quantitative estimate of drug-likeness (QED) is 0.853. The van der Waals surface area contributed by atoms with Gasteiger partial charge in [-0.05, 0) is 19.1 Å². The highest BCUT2D eigenvalue weighted by Crippen LogP contribution is 2.29. The van der Waals surface area contributed by atoms with Gasteiger partial charge in [-0.25, -0.2) is 4.98 Å². The lowest BCUT2D eigenvalue weighted by atomic mass is 10.1. The molecule has 2 aromatic heterocycles. The van der Waals surface area contributed by atoms with Gasteiger partial charge in [0.25, 0.3) is 0 Å². The fourth-order valence-corrected chi connectivity index (χ4v) is 3.15. The van der Waals surface area contributed by atoms with Crippen LogP contribution in [0, 0.1) is 12.8 Å². The van der Waals surface area contributed by atoms with Gasteiger partial charge in [0.1, 0.15) is 11.9 Å². The number of carbonyl (C=O) groups excluding carboxylic acids is 1. The second kappa shape index (κ2) is 7.35. The van der Waals surface area contributed by atoms with Gasteiger partial charge in [0.2, 0.25) is 5.91 Å². The fraction of sp³-hybridized carbons (Fsp3) is 0.526. The third-order valence-electron chi connectivity index (χ3n) is 4.48. The number of aromatic nitrogens is 2. The molecule has 3 heterocycles. The minimum Gasteiger partial charge on any atom is -0.368 e. The molecular weight excluding hydrogens is 318 g/mol. The molecule has 0 bridgehead atoms. The van der Waals surface area contributed by atoms with E-state index in [4.69, 9.17) is 14.2 Å². The third-order valence-corrected chi connectivity index (χ3v) is 4.48. The van der Waals surface area contributed by atoms with Crippen LogP contribution >= 0.6 is 0 Å². The first-order valence-corrected chi connectivity index (χ1v) is 8.84. The van der Waals surface area contributed by atoms with E-state index >= 15 is 0 Å². The van der Waals surface area contributed by atoms with Crippen LogP contribution in [0.25, 0.3) is 11.3 Å². The van der Waals surface area contributed by atoms with Gasteiger partial charge in [-0.1, -0.05) is 32.0 Å². The van der Waals surface area contributed by atoms with E-state index in [2.05, 4.69) is 5.16 Å². The SMILES string of the molecule is CCc1onc(C)c1-c1cccc([C@@H]2CN(C(=O)C(C)C)CCO2)n1. The largest absolute Gasteiger partial charge is 0.368 e. The first-order chi connectivity index (χ1) is 12.0. The number of carbonyl (C=O) groups is 1. The van der Waals surface area contributed by atoms with Crippen molar-refractivity contribution in [1.29, 1.82) is 0 Å². The molecule has 1 saturated heterocycles. The smallest absolute Gasteiger partial charge is 0.225 e. The molecule has 0 radical (unpaired) electrons. The molecule has 1 amide bonds. The Bertz CT molecular complexity index is 754. The first-order valence-electron chi connectivity index (χ1n) is 8.84. The van der Waals surface area contributed by atoms with Crippen LogP contribution in [0.2, 0.25) is 0 Å². The van der Waals surface area contributed by atoms with Crippen molar-refractivity contribution in [1.82, 2.24) is 15.0 Å². The van der Waals surface area contributed by atoms with Gasteiger partial charge in [-0.15, -0.1) is 0 Å². The lowest BCUT2D eigenvalue weighted by molar-refractivity contribution is -0.142. The molecule has 0 spiro atoms. The summed E-state index contributed by atoms with van der Waals surface area (Å²) in [4.78, 5) is 18.9. The van der Waals surface area contributed by atoms with Crippen molar-refractivity contribution in [3.05, 3.63) is 35.3 Å². The predicted molar refractivity (Wildman–Crippen MR) is 94.0 cm³/mol. The van der Waals surface area contributed by atoms with Crippen LogP contribution < -0.4 is 0 Å². The average Bonchev–Trinajstić information content (AvgIpc) is 3.02. The molecule has 0 unspecified atom stereocenters. The molecule has 2 aromatic rings. The number of pyridine rings is 1. The summed E-state index contributed by atoms with van der Waals surface area (Å²) in [6.07, 6.45) is 0.556. The highest BCUT2D eigenvalue weighted by molar-refractivity contribution is 5.78. The molecule has 1 atom stereocenters. The van der Waals surface area contributed by atoms with E-state index in [1.54, 1.807) is 0 Å². The maximum absolute atomic E-state index is 12.3. The van der Waals surface area contributed by atoms with Gasteiger partial charge in [-0.2, -0.15) is 0 Å². The highest BCUT2D eigenvalue weighted by atomic mass is 16.5. The summed E-state index contributed by atoms with van der Waals surface area (Å²) >= 11 is 0. The van der Waals surface area contributed by atoms with Gasteiger partial charge >= 0.3 is 0 Å². The number of aryl methyl sites for hydroxylation is 2. The number of morpholine rings is 1. The summed E-state index contributed by atoms with van der Waals surface area (Å²) in [5.74, 6) is 0.987. The van der Waals surface area contributed by atoms with Crippen molar-refractivity contribution in [2.24, 2.45) is 5.92 Å². The second-order valence-electron chi connectivity index (χ2n) is 6.67. The van der Waals surface area contributed by atoms with E-state index in [0.717, 1.165) is 34.8 Å². The van der Waals surface area contributed by atoms with Gasteiger partial charge in [-0.3, -0.25) is 4.79 Å². The Balaban J connectivity index is 1.86.